The smallest absolute Gasteiger partial charge is 0.338 e. The highest BCUT2D eigenvalue weighted by Crippen LogP contribution is 2.22. The fourth-order valence-corrected chi connectivity index (χ4v) is 1.61. The number of phenolic OH excluding ortho intramolecular Hbond substituents is 1. The Balaban J connectivity index is 3.20. The fourth-order valence-electron chi connectivity index (χ4n) is 1.61. The number of aromatic hydroxyl groups is 1. The van der Waals surface area contributed by atoms with Crippen LogP contribution in [0.4, 0.5) is 0 Å². The molecule has 0 amide bonds. The molecule has 0 heterocycles. The third kappa shape index (κ3) is 2.49. The van der Waals surface area contributed by atoms with Gasteiger partial charge in [-0.2, -0.15) is 0 Å². The molecular formula is C12H16O3. The van der Waals surface area contributed by atoms with Crippen molar-refractivity contribution in [1.29, 1.82) is 0 Å². The molecule has 0 aliphatic carbocycles. The van der Waals surface area contributed by atoms with Crippen molar-refractivity contribution in [2.75, 3.05) is 6.61 Å². The van der Waals surface area contributed by atoms with Gasteiger partial charge in [0.15, 0.2) is 0 Å². The number of esters is 1. The summed E-state index contributed by atoms with van der Waals surface area (Å²) in [5.41, 5.74) is 2.16. The largest absolute Gasteiger partial charge is 0.508 e. The number of hydrogen-bond donors (Lipinski definition) is 1. The van der Waals surface area contributed by atoms with E-state index in [2.05, 4.69) is 0 Å². The summed E-state index contributed by atoms with van der Waals surface area (Å²) in [6.45, 7) is 5.88. The zero-order valence-corrected chi connectivity index (χ0v) is 9.33. The fraction of sp³-hybridized carbons (Fsp3) is 0.417. The molecule has 0 saturated heterocycles. The van der Waals surface area contributed by atoms with Gasteiger partial charge in [-0.25, -0.2) is 4.79 Å². The normalized spacial score (nSPS) is 10.1. The number of carbonyl (C=O) groups excluding carboxylic acids is 1. The molecule has 15 heavy (non-hydrogen) atoms. The Morgan fingerprint density at radius 2 is 2.07 bits per heavy atom. The minimum absolute atomic E-state index is 0.192. The van der Waals surface area contributed by atoms with Crippen LogP contribution in [0.25, 0.3) is 0 Å². The number of rotatable bonds is 3. The Bertz CT molecular complexity index is 369. The molecule has 0 aliphatic heterocycles. The van der Waals surface area contributed by atoms with E-state index in [0.29, 0.717) is 18.6 Å². The molecular weight excluding hydrogens is 192 g/mol. The van der Waals surface area contributed by atoms with Crippen LogP contribution in [-0.2, 0) is 11.2 Å². The first-order chi connectivity index (χ1) is 7.10. The summed E-state index contributed by atoms with van der Waals surface area (Å²) in [6.07, 6.45) is 0.698. The van der Waals surface area contributed by atoms with Gasteiger partial charge in [0.05, 0.1) is 12.2 Å². The first kappa shape index (κ1) is 11.6. The number of carbonyl (C=O) groups is 1. The van der Waals surface area contributed by atoms with E-state index in [-0.39, 0.29) is 11.7 Å². The van der Waals surface area contributed by atoms with E-state index in [1.807, 2.05) is 6.92 Å². The van der Waals surface area contributed by atoms with Gasteiger partial charge in [0.1, 0.15) is 5.75 Å². The summed E-state index contributed by atoms with van der Waals surface area (Å²) in [4.78, 5) is 11.7. The minimum atomic E-state index is -0.313. The zero-order chi connectivity index (χ0) is 11.4. The van der Waals surface area contributed by atoms with Gasteiger partial charge in [0.2, 0.25) is 0 Å². The number of aryl methyl sites for hydroxylation is 2. The maximum Gasteiger partial charge on any atom is 0.338 e. The van der Waals surface area contributed by atoms with E-state index in [1.54, 1.807) is 26.0 Å². The number of benzene rings is 1. The summed E-state index contributed by atoms with van der Waals surface area (Å²) in [6, 6.07) is 3.19. The Morgan fingerprint density at radius 1 is 1.40 bits per heavy atom. The van der Waals surface area contributed by atoms with Gasteiger partial charge in [0, 0.05) is 0 Å². The van der Waals surface area contributed by atoms with Gasteiger partial charge in [0.25, 0.3) is 0 Å². The second kappa shape index (κ2) is 4.82. The predicted molar refractivity (Wildman–Crippen MR) is 58.2 cm³/mol. The van der Waals surface area contributed by atoms with Crippen LogP contribution < -0.4 is 0 Å². The van der Waals surface area contributed by atoms with E-state index in [1.165, 1.54) is 0 Å². The van der Waals surface area contributed by atoms with Crippen LogP contribution in [0.15, 0.2) is 12.1 Å². The molecule has 0 fully saturated rings. The van der Waals surface area contributed by atoms with Crippen LogP contribution >= 0.6 is 0 Å². The molecule has 0 bridgehead atoms. The van der Waals surface area contributed by atoms with Crippen molar-refractivity contribution >= 4 is 5.97 Å². The summed E-state index contributed by atoms with van der Waals surface area (Å²) in [7, 11) is 0. The predicted octanol–water partition coefficient (Wildman–Crippen LogP) is 2.44. The Morgan fingerprint density at radius 3 is 2.60 bits per heavy atom. The zero-order valence-electron chi connectivity index (χ0n) is 9.33. The van der Waals surface area contributed by atoms with Crippen LogP contribution in [0.2, 0.25) is 0 Å². The Kier molecular flexibility index (Phi) is 3.72. The highest BCUT2D eigenvalue weighted by molar-refractivity contribution is 5.93. The summed E-state index contributed by atoms with van der Waals surface area (Å²) >= 11 is 0. The van der Waals surface area contributed by atoms with Gasteiger partial charge in [-0.15, -0.1) is 0 Å². The molecule has 82 valence electrons. The van der Waals surface area contributed by atoms with Gasteiger partial charge >= 0.3 is 5.97 Å². The van der Waals surface area contributed by atoms with Gasteiger partial charge < -0.3 is 9.84 Å². The van der Waals surface area contributed by atoms with E-state index < -0.39 is 0 Å². The van der Waals surface area contributed by atoms with Gasteiger partial charge in [-0.1, -0.05) is 6.92 Å². The monoisotopic (exact) mass is 208 g/mol. The second-order valence-corrected chi connectivity index (χ2v) is 3.37. The first-order valence-electron chi connectivity index (χ1n) is 5.09. The van der Waals surface area contributed by atoms with E-state index in [9.17, 15) is 9.90 Å². The quantitative estimate of drug-likeness (QED) is 0.776. The van der Waals surface area contributed by atoms with Crippen LogP contribution in [0.5, 0.6) is 5.75 Å². The van der Waals surface area contributed by atoms with E-state index in [4.69, 9.17) is 4.74 Å². The number of hydrogen-bond acceptors (Lipinski definition) is 3. The van der Waals surface area contributed by atoms with Crippen molar-refractivity contribution < 1.29 is 14.6 Å². The van der Waals surface area contributed by atoms with Crippen molar-refractivity contribution in [3.8, 4) is 5.75 Å². The van der Waals surface area contributed by atoms with Crippen LogP contribution in [0, 0.1) is 6.92 Å². The van der Waals surface area contributed by atoms with Gasteiger partial charge in [-0.05, 0) is 43.5 Å². The summed E-state index contributed by atoms with van der Waals surface area (Å²) < 4.78 is 4.97. The standard InChI is InChI=1S/C12H16O3/c1-4-9-7-10(13)6-8(3)11(9)12(14)15-5-2/h6-7,13H,4-5H2,1-3H3. The molecule has 3 heteroatoms. The van der Waals surface area contributed by atoms with E-state index in [0.717, 1.165) is 11.1 Å². The first-order valence-corrected chi connectivity index (χ1v) is 5.09. The summed E-state index contributed by atoms with van der Waals surface area (Å²) in [5, 5.41) is 9.41. The van der Waals surface area contributed by atoms with Crippen LogP contribution in [0.3, 0.4) is 0 Å². The lowest BCUT2D eigenvalue weighted by molar-refractivity contribution is 0.0524. The SMILES string of the molecule is CCOC(=O)c1c(C)cc(O)cc1CC. The van der Waals surface area contributed by atoms with E-state index >= 15 is 0 Å². The molecule has 1 N–H and O–H groups in total. The average Bonchev–Trinajstić information content (AvgIpc) is 2.16. The molecule has 0 radical (unpaired) electrons. The van der Waals surface area contributed by atoms with Crippen molar-refractivity contribution in [3.63, 3.8) is 0 Å². The van der Waals surface area contributed by atoms with Crippen molar-refractivity contribution in [3.05, 3.63) is 28.8 Å². The third-order valence-electron chi connectivity index (χ3n) is 2.26. The molecule has 0 atom stereocenters. The molecule has 0 spiro atoms. The van der Waals surface area contributed by atoms with Gasteiger partial charge in [-0.3, -0.25) is 0 Å². The highest BCUT2D eigenvalue weighted by atomic mass is 16.5. The molecule has 0 aliphatic rings. The molecule has 3 nitrogen and oxygen atoms in total. The number of phenols is 1. The number of ether oxygens (including phenoxy) is 1. The Hall–Kier alpha value is -1.51. The lowest BCUT2D eigenvalue weighted by Crippen LogP contribution is -2.10. The highest BCUT2D eigenvalue weighted by Gasteiger charge is 2.15. The lowest BCUT2D eigenvalue weighted by atomic mass is 9.99. The lowest BCUT2D eigenvalue weighted by Gasteiger charge is -2.10. The molecule has 1 aromatic carbocycles. The summed E-state index contributed by atoms with van der Waals surface area (Å²) in [5.74, 6) is -0.121. The van der Waals surface area contributed by atoms with Crippen LogP contribution in [-0.4, -0.2) is 17.7 Å². The van der Waals surface area contributed by atoms with Crippen molar-refractivity contribution in [1.82, 2.24) is 0 Å². The second-order valence-electron chi connectivity index (χ2n) is 3.37. The minimum Gasteiger partial charge on any atom is -0.508 e. The molecule has 1 rings (SSSR count). The average molecular weight is 208 g/mol. The third-order valence-corrected chi connectivity index (χ3v) is 2.26. The topological polar surface area (TPSA) is 46.5 Å². The maximum absolute atomic E-state index is 11.7. The molecule has 0 saturated carbocycles. The van der Waals surface area contributed by atoms with Crippen molar-refractivity contribution in [2.24, 2.45) is 0 Å². The maximum atomic E-state index is 11.7. The van der Waals surface area contributed by atoms with Crippen molar-refractivity contribution in [2.45, 2.75) is 27.2 Å². The van der Waals surface area contributed by atoms with Crippen LogP contribution in [0.1, 0.15) is 35.3 Å². The molecule has 1 aromatic rings. The molecule has 0 aromatic heterocycles. The molecule has 0 unspecified atom stereocenters. The Labute approximate surface area is 89.7 Å².